The summed E-state index contributed by atoms with van der Waals surface area (Å²) in [5.41, 5.74) is 0.832. The van der Waals surface area contributed by atoms with E-state index in [2.05, 4.69) is 10.5 Å². The SMILES string of the molecule is C[N+]1(C(=O)NCc2ccccc2)C2CN(Cc3cccc4ccccc34)C(=O)C(/C=C/c3ccc(O)cc3)N2C(=O)CN1Cc1cc(-c2ccc(F)c(C(F)(F)F)c2)no1. The van der Waals surface area contributed by atoms with Gasteiger partial charge in [0.25, 0.3) is 0 Å². The Hall–Kier alpha value is -6.84. The number of carbonyl (C=O) groups excluding carboxylic acids is 3. The number of benzene rings is 5. The van der Waals surface area contributed by atoms with Crippen LogP contribution < -0.4 is 5.32 Å². The molecule has 0 bridgehead atoms. The second-order valence-corrected chi connectivity index (χ2v) is 14.9. The van der Waals surface area contributed by atoms with Gasteiger partial charge in [0.15, 0.2) is 5.76 Å². The fourth-order valence-electron chi connectivity index (χ4n) is 7.91. The van der Waals surface area contributed by atoms with Crippen molar-refractivity contribution in [3.05, 3.63) is 161 Å². The number of nitrogens with zero attached hydrogens (tertiary/aromatic N) is 5. The number of phenolic OH excluding ortho intramolecular Hbond substituents is 1. The summed E-state index contributed by atoms with van der Waals surface area (Å²) in [6, 6.07) is 31.5. The molecule has 0 aliphatic carbocycles. The molecule has 1 aromatic heterocycles. The van der Waals surface area contributed by atoms with Crippen molar-refractivity contribution in [2.75, 3.05) is 20.1 Å². The lowest BCUT2D eigenvalue weighted by Gasteiger charge is -2.56. The van der Waals surface area contributed by atoms with E-state index in [4.69, 9.17) is 4.52 Å². The zero-order chi connectivity index (χ0) is 42.2. The molecule has 8 rings (SSSR count). The molecule has 3 unspecified atom stereocenters. The van der Waals surface area contributed by atoms with Crippen molar-refractivity contribution in [3.8, 4) is 17.0 Å². The van der Waals surface area contributed by atoms with Gasteiger partial charge in [0, 0.05) is 24.7 Å². The number of hydrogen-bond donors (Lipinski definition) is 2. The lowest BCUT2D eigenvalue weighted by molar-refractivity contribution is -0.985. The average molecular weight is 820 g/mol. The molecule has 306 valence electrons. The lowest BCUT2D eigenvalue weighted by Crippen LogP contribution is -2.82. The summed E-state index contributed by atoms with van der Waals surface area (Å²) in [5.74, 6) is -2.07. The van der Waals surface area contributed by atoms with Gasteiger partial charge in [0.05, 0.1) is 19.2 Å². The molecule has 2 saturated heterocycles. The Labute approximate surface area is 341 Å². The highest BCUT2D eigenvalue weighted by Gasteiger charge is 2.60. The number of likely N-dealkylation sites (N-methyl/N-ethyl adjacent to an activating group) is 1. The number of aromatic nitrogens is 1. The minimum atomic E-state index is -4.95. The lowest BCUT2D eigenvalue weighted by atomic mass is 10.0. The predicted molar refractivity (Wildman–Crippen MR) is 213 cm³/mol. The van der Waals surface area contributed by atoms with Crippen LogP contribution >= 0.6 is 0 Å². The first kappa shape index (κ1) is 40.0. The maximum atomic E-state index is 14.8. The first-order chi connectivity index (χ1) is 28.8. The number of fused-ring (bicyclic) bond motifs is 2. The molecule has 3 atom stereocenters. The van der Waals surface area contributed by atoms with Crippen LogP contribution in [0.25, 0.3) is 28.1 Å². The normalized spacial score (nSPS) is 19.9. The van der Waals surface area contributed by atoms with Crippen LogP contribution in [-0.2, 0) is 35.4 Å². The summed E-state index contributed by atoms with van der Waals surface area (Å²) in [5, 5.41) is 20.4. The van der Waals surface area contributed by atoms with Crippen molar-refractivity contribution in [1.29, 1.82) is 0 Å². The number of carbonyl (C=O) groups is 3. The Morgan fingerprint density at radius 3 is 2.43 bits per heavy atom. The minimum absolute atomic E-state index is 0.00727. The molecule has 15 heteroatoms. The fourth-order valence-corrected chi connectivity index (χ4v) is 7.91. The number of nitrogens with one attached hydrogen (secondary N) is 1. The van der Waals surface area contributed by atoms with Crippen molar-refractivity contribution < 1.29 is 46.2 Å². The summed E-state index contributed by atoms with van der Waals surface area (Å²) in [4.78, 5) is 47.1. The molecule has 2 aliphatic heterocycles. The molecule has 4 amide bonds. The predicted octanol–water partition coefficient (Wildman–Crippen LogP) is 7.72. The fraction of sp³-hybridized carbons (Fsp3) is 0.200. The first-order valence-corrected chi connectivity index (χ1v) is 19.1. The third-order valence-electron chi connectivity index (χ3n) is 11.1. The van der Waals surface area contributed by atoms with Crippen molar-refractivity contribution in [2.45, 2.75) is 38.0 Å². The molecule has 2 aliphatic rings. The molecular formula is C45H39F4N6O5+. The van der Waals surface area contributed by atoms with Gasteiger partial charge in [-0.25, -0.2) is 9.18 Å². The van der Waals surface area contributed by atoms with E-state index < -0.39 is 46.3 Å². The topological polar surface area (TPSA) is 119 Å². The van der Waals surface area contributed by atoms with Crippen LogP contribution in [0.5, 0.6) is 5.75 Å². The highest BCUT2D eigenvalue weighted by Crippen LogP contribution is 2.37. The highest BCUT2D eigenvalue weighted by molar-refractivity contribution is 5.93. The van der Waals surface area contributed by atoms with Gasteiger partial charge in [0.2, 0.25) is 18.0 Å². The van der Waals surface area contributed by atoms with E-state index in [9.17, 15) is 37.1 Å². The average Bonchev–Trinajstić information content (AvgIpc) is 3.71. The number of urea groups is 1. The van der Waals surface area contributed by atoms with E-state index in [0.29, 0.717) is 17.7 Å². The Morgan fingerprint density at radius 1 is 0.933 bits per heavy atom. The maximum Gasteiger partial charge on any atom is 0.438 e. The van der Waals surface area contributed by atoms with Crippen LogP contribution in [0.1, 0.15) is 28.0 Å². The molecule has 2 N–H and O–H groups in total. The van der Waals surface area contributed by atoms with Crippen molar-refractivity contribution in [1.82, 2.24) is 25.3 Å². The largest absolute Gasteiger partial charge is 0.508 e. The summed E-state index contributed by atoms with van der Waals surface area (Å²) in [6.45, 7) is -0.311. The van der Waals surface area contributed by atoms with E-state index in [1.165, 1.54) is 23.1 Å². The van der Waals surface area contributed by atoms with E-state index in [0.717, 1.165) is 28.0 Å². The Bertz CT molecular complexity index is 2590. The number of amides is 4. The number of phenols is 1. The number of alkyl halides is 3. The molecule has 11 nitrogen and oxygen atoms in total. The van der Waals surface area contributed by atoms with Crippen molar-refractivity contribution in [3.63, 3.8) is 0 Å². The number of hydrogen-bond acceptors (Lipinski definition) is 7. The van der Waals surface area contributed by atoms with Gasteiger partial charge < -0.3 is 14.5 Å². The zero-order valence-electron chi connectivity index (χ0n) is 32.2. The van der Waals surface area contributed by atoms with Crippen molar-refractivity contribution >= 4 is 34.7 Å². The van der Waals surface area contributed by atoms with Gasteiger partial charge in [-0.15, -0.1) is 9.60 Å². The molecule has 60 heavy (non-hydrogen) atoms. The van der Waals surface area contributed by atoms with Crippen LogP contribution in [-0.4, -0.2) is 79.9 Å². The maximum absolute atomic E-state index is 14.8. The summed E-state index contributed by atoms with van der Waals surface area (Å²) < 4.78 is 59.9. The van der Waals surface area contributed by atoms with Crippen molar-refractivity contribution in [2.24, 2.45) is 0 Å². The van der Waals surface area contributed by atoms with E-state index in [-0.39, 0.29) is 61.4 Å². The van der Waals surface area contributed by atoms with Gasteiger partial charge >= 0.3 is 12.2 Å². The van der Waals surface area contributed by atoms with Crippen LogP contribution in [0.15, 0.2) is 132 Å². The number of quaternary nitrogens is 1. The highest BCUT2D eigenvalue weighted by atomic mass is 19.4. The quantitative estimate of drug-likeness (QED) is 0.113. The zero-order valence-corrected chi connectivity index (χ0v) is 32.2. The molecule has 6 aromatic rings. The van der Waals surface area contributed by atoms with Crippen LogP contribution in [0.3, 0.4) is 0 Å². The van der Waals surface area contributed by atoms with Crippen LogP contribution in [0.4, 0.5) is 22.4 Å². The Kier molecular flexibility index (Phi) is 10.7. The second-order valence-electron chi connectivity index (χ2n) is 14.9. The van der Waals surface area contributed by atoms with Gasteiger partial charge in [-0.05, 0) is 57.8 Å². The van der Waals surface area contributed by atoms with E-state index in [1.807, 2.05) is 72.8 Å². The number of piperazine rings is 1. The van der Waals surface area contributed by atoms with E-state index in [1.54, 1.807) is 41.2 Å². The van der Waals surface area contributed by atoms with Gasteiger partial charge in [-0.3, -0.25) is 19.8 Å². The van der Waals surface area contributed by atoms with Gasteiger partial charge in [-0.2, -0.15) is 13.2 Å². The molecular weight excluding hydrogens is 781 g/mol. The number of halogens is 4. The minimum Gasteiger partial charge on any atom is -0.508 e. The second kappa shape index (κ2) is 16.1. The summed E-state index contributed by atoms with van der Waals surface area (Å²) in [6.07, 6.45) is -2.62. The van der Waals surface area contributed by atoms with Crippen LogP contribution in [0.2, 0.25) is 0 Å². The third kappa shape index (κ3) is 7.84. The molecule has 3 heterocycles. The summed E-state index contributed by atoms with van der Waals surface area (Å²) >= 11 is 0. The third-order valence-corrected chi connectivity index (χ3v) is 11.1. The molecule has 0 spiro atoms. The molecule has 0 saturated carbocycles. The monoisotopic (exact) mass is 819 g/mol. The standard InChI is InChI=1S/C45H38F4N6O5/c1-55(44(59)50-24-30-8-3-2-4-9-30)41-27-52(25-33-12-7-11-31-10-5-6-13-36(31)33)43(58)40(21-16-29-14-18-34(56)19-15-29)54(41)42(57)28-53(55)26-35-23-39(51-60-35)32-17-20-38(46)37(22-32)45(47,48)49/h2-23,40-41H,24-28H2,1H3,(H-,50,56,59)/p+1/b21-16+. The van der Waals surface area contributed by atoms with Gasteiger partial charge in [-0.1, -0.05) is 102 Å². The molecule has 5 aromatic carbocycles. The first-order valence-electron chi connectivity index (χ1n) is 19.1. The van der Waals surface area contributed by atoms with Crippen LogP contribution in [0, 0.1) is 5.82 Å². The Morgan fingerprint density at radius 2 is 1.67 bits per heavy atom. The molecule has 2 fully saturated rings. The Balaban J connectivity index is 1.19. The van der Waals surface area contributed by atoms with E-state index >= 15 is 0 Å². The molecule has 0 radical (unpaired) electrons. The number of aromatic hydroxyl groups is 1. The summed E-state index contributed by atoms with van der Waals surface area (Å²) in [7, 11) is 1.64. The van der Waals surface area contributed by atoms with Gasteiger partial charge in [0.1, 0.15) is 36.4 Å². The smallest absolute Gasteiger partial charge is 0.438 e. The number of rotatable bonds is 9.